The van der Waals surface area contributed by atoms with E-state index in [-0.39, 0.29) is 28.9 Å². The molecule has 230 valence electrons. The largest absolute Gasteiger partial charge is 0.442 e. The second-order valence-corrected chi connectivity index (χ2v) is 12.7. The predicted octanol–water partition coefficient (Wildman–Crippen LogP) is 5.63. The number of aromatic nitrogens is 6. The summed E-state index contributed by atoms with van der Waals surface area (Å²) in [4.78, 5) is 33.8. The Hall–Kier alpha value is -4.35. The number of aliphatic hydroxyl groups is 1. The van der Waals surface area contributed by atoms with Gasteiger partial charge in [-0.25, -0.2) is 19.2 Å². The SMILES string of the molecule is Cn1c(=O)c2cc(F)c(-c3cnc(C(C)(C)O)nc3)cc2n1Cc1cc(CCc2ccn(C(=O)OC(C)(C)C)n2)ccc1Cl. The second kappa shape index (κ2) is 11.6. The monoisotopic (exact) mass is 620 g/mol. The van der Waals surface area contributed by atoms with Crippen LogP contribution in [-0.4, -0.2) is 45.9 Å². The average molecular weight is 621 g/mol. The van der Waals surface area contributed by atoms with Crippen LogP contribution in [0.2, 0.25) is 5.02 Å². The van der Waals surface area contributed by atoms with Crippen molar-refractivity contribution in [1.82, 2.24) is 29.1 Å². The first-order valence-corrected chi connectivity index (χ1v) is 14.5. The van der Waals surface area contributed by atoms with Gasteiger partial charge in [-0.3, -0.25) is 14.2 Å². The van der Waals surface area contributed by atoms with Crippen molar-refractivity contribution in [1.29, 1.82) is 0 Å². The van der Waals surface area contributed by atoms with E-state index in [9.17, 15) is 14.7 Å². The number of nitrogens with zero attached hydrogens (tertiary/aromatic N) is 6. The van der Waals surface area contributed by atoms with Gasteiger partial charge in [-0.05, 0) is 82.9 Å². The molecule has 0 aliphatic heterocycles. The summed E-state index contributed by atoms with van der Waals surface area (Å²) in [5.41, 5.74) is 1.47. The Labute approximate surface area is 258 Å². The molecule has 0 fully saturated rings. The number of carbonyl (C=O) groups excluding carboxylic acids is 1. The van der Waals surface area contributed by atoms with Crippen molar-refractivity contribution >= 4 is 28.6 Å². The molecule has 0 saturated carbocycles. The van der Waals surface area contributed by atoms with Crippen LogP contribution in [-0.2, 0) is 36.8 Å². The Balaban J connectivity index is 1.41. The molecule has 12 heteroatoms. The van der Waals surface area contributed by atoms with Gasteiger partial charge in [0.2, 0.25) is 0 Å². The molecular weight excluding hydrogens is 587 g/mol. The van der Waals surface area contributed by atoms with E-state index >= 15 is 4.39 Å². The van der Waals surface area contributed by atoms with Gasteiger partial charge in [-0.15, -0.1) is 0 Å². The molecule has 5 aromatic rings. The third kappa shape index (κ3) is 6.58. The van der Waals surface area contributed by atoms with Gasteiger partial charge in [0, 0.05) is 41.8 Å². The molecule has 3 heterocycles. The highest BCUT2D eigenvalue weighted by Crippen LogP contribution is 2.28. The summed E-state index contributed by atoms with van der Waals surface area (Å²) >= 11 is 6.60. The first-order chi connectivity index (χ1) is 20.6. The van der Waals surface area contributed by atoms with Gasteiger partial charge in [0.15, 0.2) is 5.82 Å². The van der Waals surface area contributed by atoms with E-state index in [2.05, 4.69) is 15.1 Å². The minimum Gasteiger partial charge on any atom is -0.442 e. The number of rotatable bonds is 7. The fraction of sp³-hybridized carbons (Fsp3) is 0.344. The van der Waals surface area contributed by atoms with Crippen molar-refractivity contribution in [3.63, 3.8) is 0 Å². The molecule has 2 aromatic carbocycles. The van der Waals surface area contributed by atoms with Crippen molar-refractivity contribution in [3.05, 3.63) is 98.8 Å². The molecule has 0 spiro atoms. The van der Waals surface area contributed by atoms with Crippen molar-refractivity contribution in [2.24, 2.45) is 7.05 Å². The van der Waals surface area contributed by atoms with Crippen molar-refractivity contribution in [2.45, 2.75) is 65.2 Å². The molecule has 0 unspecified atom stereocenters. The van der Waals surface area contributed by atoms with Crippen LogP contribution in [0.3, 0.4) is 0 Å². The first-order valence-electron chi connectivity index (χ1n) is 14.1. The lowest BCUT2D eigenvalue weighted by atomic mass is 10.0. The highest BCUT2D eigenvalue weighted by atomic mass is 35.5. The number of aryl methyl sites for hydroxylation is 2. The molecule has 0 amide bonds. The Bertz CT molecular complexity index is 1910. The van der Waals surface area contributed by atoms with Gasteiger partial charge >= 0.3 is 6.09 Å². The van der Waals surface area contributed by atoms with Gasteiger partial charge in [-0.2, -0.15) is 9.78 Å². The van der Waals surface area contributed by atoms with Crippen molar-refractivity contribution in [2.75, 3.05) is 0 Å². The fourth-order valence-electron chi connectivity index (χ4n) is 4.83. The second-order valence-electron chi connectivity index (χ2n) is 12.2. The van der Waals surface area contributed by atoms with Crippen LogP contribution in [0.25, 0.3) is 22.0 Å². The molecule has 0 saturated heterocycles. The Morgan fingerprint density at radius 2 is 1.75 bits per heavy atom. The number of fused-ring (bicyclic) bond motifs is 1. The van der Waals surface area contributed by atoms with Gasteiger partial charge in [0.25, 0.3) is 5.56 Å². The smallest absolute Gasteiger partial charge is 0.435 e. The number of hydrogen-bond acceptors (Lipinski definition) is 7. The summed E-state index contributed by atoms with van der Waals surface area (Å²) in [6, 6.07) is 10.3. The van der Waals surface area contributed by atoms with Crippen LogP contribution in [0, 0.1) is 5.82 Å². The molecule has 0 bridgehead atoms. The number of hydrogen-bond donors (Lipinski definition) is 1. The summed E-state index contributed by atoms with van der Waals surface area (Å²) in [6.07, 6.45) is 5.16. The fourth-order valence-corrected chi connectivity index (χ4v) is 5.01. The summed E-state index contributed by atoms with van der Waals surface area (Å²) in [5, 5.41) is 15.3. The van der Waals surface area contributed by atoms with E-state index < -0.39 is 23.1 Å². The van der Waals surface area contributed by atoms with E-state index in [0.717, 1.165) is 16.8 Å². The highest BCUT2D eigenvalue weighted by molar-refractivity contribution is 6.31. The van der Waals surface area contributed by atoms with E-state index in [1.165, 1.54) is 27.8 Å². The van der Waals surface area contributed by atoms with Crippen LogP contribution >= 0.6 is 11.6 Å². The average Bonchev–Trinajstić information content (AvgIpc) is 3.51. The van der Waals surface area contributed by atoms with E-state index in [4.69, 9.17) is 16.3 Å². The molecule has 44 heavy (non-hydrogen) atoms. The van der Waals surface area contributed by atoms with Gasteiger partial charge < -0.3 is 9.84 Å². The summed E-state index contributed by atoms with van der Waals surface area (Å²) in [7, 11) is 1.62. The normalized spacial score (nSPS) is 12.2. The third-order valence-corrected chi connectivity index (χ3v) is 7.45. The first kappa shape index (κ1) is 31.1. The van der Waals surface area contributed by atoms with Crippen LogP contribution in [0.1, 0.15) is 57.3 Å². The quantitative estimate of drug-likeness (QED) is 0.251. The highest BCUT2D eigenvalue weighted by Gasteiger charge is 2.22. The van der Waals surface area contributed by atoms with E-state index in [0.29, 0.717) is 28.9 Å². The predicted molar refractivity (Wildman–Crippen MR) is 165 cm³/mol. The van der Waals surface area contributed by atoms with Gasteiger partial charge in [-0.1, -0.05) is 23.7 Å². The molecule has 0 atom stereocenters. The molecule has 0 aliphatic rings. The number of benzene rings is 2. The summed E-state index contributed by atoms with van der Waals surface area (Å²) in [5.74, 6) is -0.369. The molecule has 1 N–H and O–H groups in total. The number of halogens is 2. The molecule has 3 aromatic heterocycles. The standard InChI is InChI=1S/C32H34ClFN6O4/c1-31(2,3)44-30(42)39-12-11-22(37-39)9-7-19-8-10-25(33)20(13-19)18-40-27-15-23(26(34)14-24(27)28(41)38(40)6)21-16-35-29(36-17-21)32(4,5)43/h8,10-17,43H,7,9,18H2,1-6H3. The van der Waals surface area contributed by atoms with Crippen LogP contribution in [0.4, 0.5) is 9.18 Å². The lowest BCUT2D eigenvalue weighted by Gasteiger charge is -2.18. The number of ether oxygens (including phenoxy) is 1. The maximum absolute atomic E-state index is 15.2. The summed E-state index contributed by atoms with van der Waals surface area (Å²) in [6.45, 7) is 8.79. The van der Waals surface area contributed by atoms with E-state index in [1.54, 1.807) is 64.7 Å². The zero-order chi connectivity index (χ0) is 32.0. The van der Waals surface area contributed by atoms with Crippen molar-refractivity contribution < 1.29 is 19.0 Å². The van der Waals surface area contributed by atoms with Gasteiger partial charge in [0.05, 0.1) is 23.1 Å². The Morgan fingerprint density at radius 3 is 2.41 bits per heavy atom. The minimum atomic E-state index is -1.24. The summed E-state index contributed by atoms with van der Waals surface area (Å²) < 4.78 is 25.0. The molecule has 10 nitrogen and oxygen atoms in total. The lowest BCUT2D eigenvalue weighted by Crippen LogP contribution is -2.27. The molecule has 0 radical (unpaired) electrons. The van der Waals surface area contributed by atoms with Gasteiger partial charge in [0.1, 0.15) is 17.0 Å². The van der Waals surface area contributed by atoms with E-state index in [1.807, 2.05) is 18.2 Å². The van der Waals surface area contributed by atoms with Crippen LogP contribution < -0.4 is 5.56 Å². The molecule has 5 rings (SSSR count). The van der Waals surface area contributed by atoms with Crippen LogP contribution in [0.5, 0.6) is 0 Å². The minimum absolute atomic E-state index is 0.213. The molecular formula is C32H34ClFN6O4. The Kier molecular flexibility index (Phi) is 8.21. The maximum atomic E-state index is 15.2. The zero-order valence-corrected chi connectivity index (χ0v) is 26.2. The topological polar surface area (TPSA) is 117 Å². The molecule has 0 aliphatic carbocycles. The zero-order valence-electron chi connectivity index (χ0n) is 25.4. The maximum Gasteiger partial charge on any atom is 0.435 e. The van der Waals surface area contributed by atoms with Crippen LogP contribution in [0.15, 0.2) is 59.8 Å². The van der Waals surface area contributed by atoms with Crippen molar-refractivity contribution in [3.8, 4) is 11.1 Å². The third-order valence-electron chi connectivity index (χ3n) is 7.08. The lowest BCUT2D eigenvalue weighted by molar-refractivity contribution is 0.0513. The Morgan fingerprint density at radius 1 is 1.05 bits per heavy atom. The number of carbonyl (C=O) groups is 1.